The Balaban J connectivity index is 2.25. The number of carbonyl (C=O) groups is 1. The summed E-state index contributed by atoms with van der Waals surface area (Å²) in [7, 11) is 1.71. The topological polar surface area (TPSA) is 35.5 Å². The Bertz CT molecular complexity index is 210. The van der Waals surface area contributed by atoms with Gasteiger partial charge in [0.25, 0.3) is 6.47 Å². The van der Waals surface area contributed by atoms with Crippen LogP contribution in [-0.4, -0.2) is 26.8 Å². The quantitative estimate of drug-likeness (QED) is 0.593. The smallest absolute Gasteiger partial charge is 0.293 e. The van der Waals surface area contributed by atoms with Gasteiger partial charge >= 0.3 is 0 Å². The van der Waals surface area contributed by atoms with E-state index in [2.05, 4.69) is 6.92 Å². The van der Waals surface area contributed by atoms with Gasteiger partial charge in [0.15, 0.2) is 0 Å². The largest absolute Gasteiger partial charge is 0.468 e. The summed E-state index contributed by atoms with van der Waals surface area (Å²) in [6, 6.07) is 0. The van der Waals surface area contributed by atoms with Gasteiger partial charge in [-0.2, -0.15) is 0 Å². The van der Waals surface area contributed by atoms with Crippen LogP contribution < -0.4 is 0 Å². The van der Waals surface area contributed by atoms with Crippen LogP contribution in [0.5, 0.6) is 0 Å². The molecule has 1 atom stereocenters. The highest BCUT2D eigenvalue weighted by molar-refractivity contribution is 5.36. The summed E-state index contributed by atoms with van der Waals surface area (Å²) >= 11 is 0. The zero-order valence-corrected chi connectivity index (χ0v) is 11.9. The van der Waals surface area contributed by atoms with Crippen molar-refractivity contribution in [3.05, 3.63) is 0 Å². The molecule has 1 aliphatic rings. The van der Waals surface area contributed by atoms with E-state index in [-0.39, 0.29) is 0 Å². The highest BCUT2D eigenvalue weighted by Gasteiger charge is 2.23. The average molecular weight is 256 g/mol. The van der Waals surface area contributed by atoms with Crippen LogP contribution >= 0.6 is 0 Å². The number of methoxy groups -OCH3 is 1. The molecule has 1 unspecified atom stereocenters. The second-order valence-electron chi connectivity index (χ2n) is 5.66. The predicted molar refractivity (Wildman–Crippen MR) is 72.4 cm³/mol. The van der Waals surface area contributed by atoms with Gasteiger partial charge in [-0.1, -0.05) is 45.4 Å². The van der Waals surface area contributed by atoms with Gasteiger partial charge in [-0.3, -0.25) is 4.79 Å². The molecule has 0 spiro atoms. The monoisotopic (exact) mass is 256 g/mol. The van der Waals surface area contributed by atoms with E-state index in [0.717, 1.165) is 18.3 Å². The van der Waals surface area contributed by atoms with E-state index in [1.54, 1.807) is 7.11 Å². The molecule has 3 heteroatoms. The molecular weight excluding hydrogens is 228 g/mol. The van der Waals surface area contributed by atoms with E-state index in [9.17, 15) is 4.79 Å². The van der Waals surface area contributed by atoms with Gasteiger partial charge in [-0.05, 0) is 18.3 Å². The van der Waals surface area contributed by atoms with Crippen LogP contribution in [0.15, 0.2) is 0 Å². The molecule has 0 heterocycles. The molecule has 0 aromatic rings. The molecule has 0 aliphatic heterocycles. The fraction of sp³-hybridized carbons (Fsp3) is 0.933. The first-order valence-corrected chi connectivity index (χ1v) is 7.34. The predicted octanol–water partition coefficient (Wildman–Crippen LogP) is 3.42. The number of rotatable bonds is 9. The fourth-order valence-electron chi connectivity index (χ4n) is 3.23. The Morgan fingerprint density at radius 3 is 2.39 bits per heavy atom. The first kappa shape index (κ1) is 15.5. The number of ether oxygens (including phenoxy) is 2. The van der Waals surface area contributed by atoms with Gasteiger partial charge < -0.3 is 9.47 Å². The summed E-state index contributed by atoms with van der Waals surface area (Å²) < 4.78 is 10.1. The molecule has 0 N–H and O–H groups in total. The summed E-state index contributed by atoms with van der Waals surface area (Å²) in [4.78, 5) is 10.3. The summed E-state index contributed by atoms with van der Waals surface area (Å²) in [5.74, 6) is 2.12. The lowest BCUT2D eigenvalue weighted by atomic mass is 9.77. The second kappa shape index (κ2) is 9.37. The molecule has 1 aliphatic carbocycles. The zero-order chi connectivity index (χ0) is 13.2. The van der Waals surface area contributed by atoms with Gasteiger partial charge in [0.2, 0.25) is 0 Å². The first-order chi connectivity index (χ1) is 8.80. The van der Waals surface area contributed by atoms with Crippen molar-refractivity contribution in [1.29, 1.82) is 0 Å². The number of hydrogen-bond donors (Lipinski definition) is 0. The maximum Gasteiger partial charge on any atom is 0.293 e. The summed E-state index contributed by atoms with van der Waals surface area (Å²) in [5, 5.41) is 0. The van der Waals surface area contributed by atoms with E-state index < -0.39 is 0 Å². The minimum atomic E-state index is 0.368. The highest BCUT2D eigenvalue weighted by atomic mass is 16.5. The van der Waals surface area contributed by atoms with Crippen LogP contribution in [0.2, 0.25) is 0 Å². The summed E-state index contributed by atoms with van der Waals surface area (Å²) in [6.45, 7) is 4.02. The molecule has 0 aromatic carbocycles. The lowest BCUT2D eigenvalue weighted by Crippen LogP contribution is -2.22. The van der Waals surface area contributed by atoms with Crippen LogP contribution in [0.4, 0.5) is 0 Å². The van der Waals surface area contributed by atoms with E-state index in [4.69, 9.17) is 9.47 Å². The Labute approximate surface area is 111 Å². The van der Waals surface area contributed by atoms with Crippen LogP contribution in [0.25, 0.3) is 0 Å². The average Bonchev–Trinajstić information content (AvgIpc) is 2.39. The fourth-order valence-corrected chi connectivity index (χ4v) is 3.23. The Morgan fingerprint density at radius 1 is 1.17 bits per heavy atom. The lowest BCUT2D eigenvalue weighted by Gasteiger charge is -2.30. The van der Waals surface area contributed by atoms with Crippen molar-refractivity contribution in [2.75, 3.05) is 20.3 Å². The maximum atomic E-state index is 10.3. The molecule has 0 amide bonds. The molecule has 0 bridgehead atoms. The molecule has 1 rings (SSSR count). The zero-order valence-electron chi connectivity index (χ0n) is 11.9. The molecule has 3 nitrogen and oxygen atoms in total. The van der Waals surface area contributed by atoms with Crippen molar-refractivity contribution in [1.82, 2.24) is 0 Å². The molecule has 0 aromatic heterocycles. The minimum Gasteiger partial charge on any atom is -0.468 e. The molecule has 18 heavy (non-hydrogen) atoms. The first-order valence-electron chi connectivity index (χ1n) is 7.34. The summed E-state index contributed by atoms with van der Waals surface area (Å²) in [5.41, 5.74) is 0. The van der Waals surface area contributed by atoms with Crippen molar-refractivity contribution < 1.29 is 14.3 Å². The van der Waals surface area contributed by atoms with Gasteiger partial charge in [0.05, 0.1) is 13.2 Å². The Morgan fingerprint density at radius 2 is 1.83 bits per heavy atom. The van der Waals surface area contributed by atoms with E-state index in [0.29, 0.717) is 25.6 Å². The van der Waals surface area contributed by atoms with Gasteiger partial charge in [0.1, 0.15) is 0 Å². The molecule has 1 saturated carbocycles. The third-order valence-electron chi connectivity index (χ3n) is 4.13. The SMILES string of the molecule is CCCC1CCC(CC(COC)COC=O)CC1. The van der Waals surface area contributed by atoms with Crippen LogP contribution in [0.3, 0.4) is 0 Å². The van der Waals surface area contributed by atoms with Crippen LogP contribution in [0.1, 0.15) is 51.9 Å². The van der Waals surface area contributed by atoms with Crippen LogP contribution in [0, 0.1) is 17.8 Å². The summed E-state index contributed by atoms with van der Waals surface area (Å²) in [6.07, 6.45) is 9.29. The molecule has 0 radical (unpaired) electrons. The second-order valence-corrected chi connectivity index (χ2v) is 5.66. The lowest BCUT2D eigenvalue weighted by molar-refractivity contribution is -0.130. The molecule has 106 valence electrons. The van der Waals surface area contributed by atoms with Crippen molar-refractivity contribution in [2.24, 2.45) is 17.8 Å². The standard InChI is InChI=1S/C15H28O3/c1-3-4-13-5-7-14(8-6-13)9-15(10-17-2)11-18-12-16/h12-15H,3-11H2,1-2H3. The third kappa shape index (κ3) is 5.85. The highest BCUT2D eigenvalue weighted by Crippen LogP contribution is 2.34. The van der Waals surface area contributed by atoms with Crippen molar-refractivity contribution in [2.45, 2.75) is 51.9 Å². The number of hydrogen-bond acceptors (Lipinski definition) is 3. The Hall–Kier alpha value is -0.570. The normalized spacial score (nSPS) is 25.7. The Kier molecular flexibility index (Phi) is 8.06. The minimum absolute atomic E-state index is 0.368. The molecule has 0 saturated heterocycles. The van der Waals surface area contributed by atoms with E-state index in [1.165, 1.54) is 38.5 Å². The van der Waals surface area contributed by atoms with Gasteiger partial charge in [-0.25, -0.2) is 0 Å². The van der Waals surface area contributed by atoms with Crippen LogP contribution in [-0.2, 0) is 14.3 Å². The maximum absolute atomic E-state index is 10.3. The van der Waals surface area contributed by atoms with Gasteiger partial charge in [-0.15, -0.1) is 0 Å². The van der Waals surface area contributed by atoms with E-state index >= 15 is 0 Å². The number of carbonyl (C=O) groups excluding carboxylic acids is 1. The van der Waals surface area contributed by atoms with E-state index in [1.807, 2.05) is 0 Å². The third-order valence-corrected chi connectivity index (χ3v) is 4.13. The van der Waals surface area contributed by atoms with Crippen molar-refractivity contribution >= 4 is 6.47 Å². The molecule has 1 fully saturated rings. The van der Waals surface area contributed by atoms with Crippen molar-refractivity contribution in [3.8, 4) is 0 Å². The molecular formula is C15H28O3. The van der Waals surface area contributed by atoms with Crippen molar-refractivity contribution in [3.63, 3.8) is 0 Å². The van der Waals surface area contributed by atoms with Gasteiger partial charge in [0, 0.05) is 13.0 Å².